The Labute approximate surface area is 174 Å². The van der Waals surface area contributed by atoms with Crippen LogP contribution in [0.1, 0.15) is 38.7 Å². The van der Waals surface area contributed by atoms with E-state index in [2.05, 4.69) is 24.1 Å². The van der Waals surface area contributed by atoms with Crippen molar-refractivity contribution in [3.8, 4) is 0 Å². The lowest BCUT2D eigenvalue weighted by Gasteiger charge is -2.18. The minimum absolute atomic E-state index is 0.00783. The lowest BCUT2D eigenvalue weighted by atomic mass is 9.97. The zero-order valence-electron chi connectivity index (χ0n) is 16.7. The van der Waals surface area contributed by atoms with Crippen molar-refractivity contribution in [2.75, 3.05) is 11.1 Å². The van der Waals surface area contributed by atoms with E-state index >= 15 is 0 Å². The minimum atomic E-state index is -0.906. The molecule has 1 N–H and O–H groups in total. The van der Waals surface area contributed by atoms with Crippen LogP contribution >= 0.6 is 11.8 Å². The lowest BCUT2D eigenvalue weighted by Crippen LogP contribution is -2.31. The van der Waals surface area contributed by atoms with Crippen molar-refractivity contribution >= 4 is 40.4 Å². The van der Waals surface area contributed by atoms with Gasteiger partial charge in [0, 0.05) is 5.69 Å². The monoisotopic (exact) mass is 412 g/mol. The molecule has 0 bridgehead atoms. The van der Waals surface area contributed by atoms with Crippen molar-refractivity contribution in [1.82, 2.24) is 4.98 Å². The predicted molar refractivity (Wildman–Crippen MR) is 114 cm³/mol. The Kier molecular flexibility index (Phi) is 6.93. The number of carbonyl (C=O) groups excluding carboxylic acids is 2. The van der Waals surface area contributed by atoms with Crippen molar-refractivity contribution in [2.24, 2.45) is 0 Å². The van der Waals surface area contributed by atoms with Crippen LogP contribution in [0.3, 0.4) is 0 Å². The number of benzene rings is 2. The number of rotatable bonds is 8. The number of hydrogen-bond acceptors (Lipinski definition) is 6. The molecule has 7 heteroatoms. The SMILES string of the molecule is CCC(C)c1ccccc1NC(=O)C(C)OC(=O)CSc1nc2ccccc2o1. The van der Waals surface area contributed by atoms with Crippen LogP contribution in [-0.4, -0.2) is 28.7 Å². The van der Waals surface area contributed by atoms with Crippen LogP contribution in [0.25, 0.3) is 11.1 Å². The summed E-state index contributed by atoms with van der Waals surface area (Å²) in [5, 5.41) is 3.26. The third-order valence-electron chi connectivity index (χ3n) is 4.63. The van der Waals surface area contributed by atoms with E-state index in [9.17, 15) is 9.59 Å². The van der Waals surface area contributed by atoms with Crippen molar-refractivity contribution in [3.05, 3.63) is 54.1 Å². The number of oxazole rings is 1. The zero-order chi connectivity index (χ0) is 20.8. The van der Waals surface area contributed by atoms with Gasteiger partial charge in [0.2, 0.25) is 0 Å². The molecule has 3 rings (SSSR count). The molecule has 0 spiro atoms. The summed E-state index contributed by atoms with van der Waals surface area (Å²) < 4.78 is 10.8. The first-order valence-corrected chi connectivity index (χ1v) is 10.5. The first-order chi connectivity index (χ1) is 14.0. The number of carbonyl (C=O) groups is 2. The van der Waals surface area contributed by atoms with Crippen molar-refractivity contribution in [2.45, 2.75) is 44.4 Å². The van der Waals surface area contributed by atoms with Gasteiger partial charge in [0.15, 0.2) is 11.7 Å². The van der Waals surface area contributed by atoms with Crippen LogP contribution in [0.4, 0.5) is 5.69 Å². The van der Waals surface area contributed by atoms with Gasteiger partial charge in [-0.05, 0) is 43.0 Å². The molecule has 6 nitrogen and oxygen atoms in total. The number of hydrogen-bond donors (Lipinski definition) is 1. The lowest BCUT2D eigenvalue weighted by molar-refractivity contribution is -0.150. The molecule has 2 atom stereocenters. The Morgan fingerprint density at radius 1 is 1.14 bits per heavy atom. The number of nitrogens with zero attached hydrogens (tertiary/aromatic N) is 1. The Hall–Kier alpha value is -2.80. The second-order valence-corrected chi connectivity index (χ2v) is 7.68. The maximum absolute atomic E-state index is 12.5. The average Bonchev–Trinajstić information content (AvgIpc) is 3.15. The first kappa shape index (κ1) is 20.9. The Balaban J connectivity index is 1.53. The summed E-state index contributed by atoms with van der Waals surface area (Å²) in [6.07, 6.45) is 0.0570. The number of anilines is 1. The fourth-order valence-corrected chi connectivity index (χ4v) is 3.43. The molecule has 1 aromatic heterocycles. The quantitative estimate of drug-likeness (QED) is 0.414. The molecule has 29 heavy (non-hydrogen) atoms. The summed E-state index contributed by atoms with van der Waals surface area (Å²) in [7, 11) is 0. The molecule has 0 fully saturated rings. The van der Waals surface area contributed by atoms with Gasteiger partial charge in [0.25, 0.3) is 11.1 Å². The molecule has 0 aliphatic heterocycles. The van der Waals surface area contributed by atoms with Crippen LogP contribution in [-0.2, 0) is 14.3 Å². The molecular formula is C22H24N2O4S. The van der Waals surface area contributed by atoms with Gasteiger partial charge in [-0.1, -0.05) is 55.9 Å². The Morgan fingerprint density at radius 2 is 1.86 bits per heavy atom. The van der Waals surface area contributed by atoms with Crippen LogP contribution in [0.2, 0.25) is 0 Å². The van der Waals surface area contributed by atoms with Gasteiger partial charge in [0.1, 0.15) is 11.3 Å². The summed E-state index contributed by atoms with van der Waals surface area (Å²) in [6.45, 7) is 5.77. The molecule has 0 saturated heterocycles. The van der Waals surface area contributed by atoms with E-state index in [0.717, 1.165) is 35.0 Å². The molecule has 152 valence electrons. The molecule has 0 radical (unpaired) electrons. The summed E-state index contributed by atoms with van der Waals surface area (Å²) in [5.74, 6) is -0.540. The minimum Gasteiger partial charge on any atom is -0.452 e. The van der Waals surface area contributed by atoms with Gasteiger partial charge in [-0.3, -0.25) is 9.59 Å². The molecule has 0 aliphatic rings. The number of aromatic nitrogens is 1. The van der Waals surface area contributed by atoms with E-state index in [1.54, 1.807) is 6.92 Å². The smallest absolute Gasteiger partial charge is 0.317 e. The van der Waals surface area contributed by atoms with Gasteiger partial charge in [-0.25, -0.2) is 4.98 Å². The summed E-state index contributed by atoms with van der Waals surface area (Å²) in [6, 6.07) is 15.1. The molecule has 1 amide bonds. The van der Waals surface area contributed by atoms with E-state index in [0.29, 0.717) is 16.7 Å². The number of thioether (sulfide) groups is 1. The van der Waals surface area contributed by atoms with Crippen LogP contribution in [0.5, 0.6) is 0 Å². The van der Waals surface area contributed by atoms with E-state index in [1.165, 1.54) is 0 Å². The normalized spacial score (nSPS) is 13.1. The number of nitrogens with one attached hydrogen (secondary N) is 1. The Morgan fingerprint density at radius 3 is 2.62 bits per heavy atom. The first-order valence-electron chi connectivity index (χ1n) is 9.55. The summed E-state index contributed by atoms with van der Waals surface area (Å²) >= 11 is 1.14. The van der Waals surface area contributed by atoms with Crippen molar-refractivity contribution in [3.63, 3.8) is 0 Å². The molecule has 0 aliphatic carbocycles. The molecule has 3 aromatic rings. The molecule has 2 unspecified atom stereocenters. The second-order valence-electron chi connectivity index (χ2n) is 6.75. The zero-order valence-corrected chi connectivity index (χ0v) is 17.5. The van der Waals surface area contributed by atoms with Crippen LogP contribution in [0.15, 0.2) is 58.2 Å². The molecule has 0 saturated carbocycles. The molecular weight excluding hydrogens is 388 g/mol. The maximum atomic E-state index is 12.5. The Bertz CT molecular complexity index is 968. The topological polar surface area (TPSA) is 81.4 Å². The van der Waals surface area contributed by atoms with E-state index in [4.69, 9.17) is 9.15 Å². The third kappa shape index (κ3) is 5.38. The highest BCUT2D eigenvalue weighted by Crippen LogP contribution is 2.27. The molecule has 2 aromatic carbocycles. The second kappa shape index (κ2) is 9.60. The fourth-order valence-electron chi connectivity index (χ4n) is 2.81. The van der Waals surface area contributed by atoms with Gasteiger partial charge < -0.3 is 14.5 Å². The number of para-hydroxylation sites is 3. The average molecular weight is 413 g/mol. The van der Waals surface area contributed by atoms with Gasteiger partial charge in [0.05, 0.1) is 0 Å². The maximum Gasteiger partial charge on any atom is 0.317 e. The van der Waals surface area contributed by atoms with Crippen molar-refractivity contribution in [1.29, 1.82) is 0 Å². The largest absolute Gasteiger partial charge is 0.452 e. The number of fused-ring (bicyclic) bond motifs is 1. The highest BCUT2D eigenvalue weighted by atomic mass is 32.2. The summed E-state index contributed by atoms with van der Waals surface area (Å²) in [4.78, 5) is 28.9. The van der Waals surface area contributed by atoms with E-state index in [-0.39, 0.29) is 11.7 Å². The highest BCUT2D eigenvalue weighted by Gasteiger charge is 2.20. The fraction of sp³-hybridized carbons (Fsp3) is 0.318. The molecule has 1 heterocycles. The standard InChI is InChI=1S/C22H24N2O4S/c1-4-14(2)16-9-5-6-10-17(16)23-21(26)15(3)27-20(25)13-29-22-24-18-11-7-8-12-19(18)28-22/h5-12,14-15H,4,13H2,1-3H3,(H,23,26). The van der Waals surface area contributed by atoms with E-state index < -0.39 is 12.1 Å². The number of amides is 1. The van der Waals surface area contributed by atoms with Crippen LogP contribution in [0, 0.1) is 0 Å². The predicted octanol–water partition coefficient (Wildman–Crippen LogP) is 5.00. The van der Waals surface area contributed by atoms with Crippen LogP contribution < -0.4 is 5.32 Å². The third-order valence-corrected chi connectivity index (χ3v) is 5.43. The van der Waals surface area contributed by atoms with Gasteiger partial charge in [-0.2, -0.15) is 0 Å². The van der Waals surface area contributed by atoms with Gasteiger partial charge in [-0.15, -0.1) is 0 Å². The highest BCUT2D eigenvalue weighted by molar-refractivity contribution is 7.99. The number of esters is 1. The van der Waals surface area contributed by atoms with E-state index in [1.807, 2.05) is 48.5 Å². The summed E-state index contributed by atoms with van der Waals surface area (Å²) in [5.41, 5.74) is 3.20. The number of ether oxygens (including phenoxy) is 1. The van der Waals surface area contributed by atoms with Gasteiger partial charge >= 0.3 is 5.97 Å². The van der Waals surface area contributed by atoms with Crippen molar-refractivity contribution < 1.29 is 18.7 Å².